The fourth-order valence-corrected chi connectivity index (χ4v) is 1.35. The van der Waals surface area contributed by atoms with Crippen LogP contribution in [0.15, 0.2) is 0 Å². The minimum absolute atomic E-state index is 0. The largest absolute Gasteiger partial charge is 1.00 e. The van der Waals surface area contributed by atoms with Gasteiger partial charge in [0.15, 0.2) is 0 Å². The lowest BCUT2D eigenvalue weighted by atomic mass is 10.1. The molecule has 6 N–H and O–H groups in total. The number of hydrogen-bond donors (Lipinski definition) is 4. The molecule has 0 fully saturated rings. The number of thiol groups is 1. The van der Waals surface area contributed by atoms with Crippen molar-refractivity contribution in [3.63, 3.8) is 0 Å². The van der Waals surface area contributed by atoms with Gasteiger partial charge in [0, 0.05) is 12.3 Å². The standard InChI is InChI=1S/C10H23N3O2S.ClH/c11-4-2-1-3-9(12)10(14)13-5-6-15-7-8-16;/h9,16H,1-8,11-12H2,(H,13,14);1H. The van der Waals surface area contributed by atoms with E-state index in [9.17, 15) is 4.79 Å². The van der Waals surface area contributed by atoms with Crippen LogP contribution in [-0.4, -0.2) is 44.0 Å². The molecular weight excluding hydrogens is 262 g/mol. The minimum Gasteiger partial charge on any atom is -1.00 e. The molecule has 0 bridgehead atoms. The lowest BCUT2D eigenvalue weighted by molar-refractivity contribution is -0.368. The van der Waals surface area contributed by atoms with E-state index < -0.39 is 6.04 Å². The number of unbranched alkanes of at least 4 members (excludes halogenated alkanes) is 1. The van der Waals surface area contributed by atoms with Gasteiger partial charge in [-0.2, -0.15) is 12.6 Å². The van der Waals surface area contributed by atoms with Crippen LogP contribution in [0.2, 0.25) is 0 Å². The summed E-state index contributed by atoms with van der Waals surface area (Å²) in [6.07, 6.45) is 2.69. The van der Waals surface area contributed by atoms with Crippen LogP contribution in [0.1, 0.15) is 19.3 Å². The van der Waals surface area contributed by atoms with Crippen molar-refractivity contribution >= 4 is 18.5 Å². The van der Waals surface area contributed by atoms with Crippen LogP contribution in [0.25, 0.3) is 0 Å². The number of amides is 1. The first-order valence-corrected chi connectivity index (χ1v) is 6.36. The number of carbonyl (C=O) groups excluding carboxylic acids is 1. The summed E-state index contributed by atoms with van der Waals surface area (Å²) in [5, 5.41) is 2.74. The van der Waals surface area contributed by atoms with Gasteiger partial charge in [-0.15, -0.1) is 0 Å². The fraction of sp³-hybridized carbons (Fsp3) is 0.900. The summed E-state index contributed by atoms with van der Waals surface area (Å²) in [6.45, 7) is 2.52. The van der Waals surface area contributed by atoms with Gasteiger partial charge in [0.05, 0.1) is 25.8 Å². The molecule has 0 aliphatic heterocycles. The molecule has 5 nitrogen and oxygen atoms in total. The zero-order valence-electron chi connectivity index (χ0n) is 10.2. The molecule has 17 heavy (non-hydrogen) atoms. The summed E-state index contributed by atoms with van der Waals surface area (Å²) < 4.78 is 5.17. The summed E-state index contributed by atoms with van der Waals surface area (Å²) in [5.41, 5.74) is 9.45. The molecule has 1 unspecified atom stereocenters. The number of halogens is 1. The summed E-state index contributed by atoms with van der Waals surface area (Å²) in [4.78, 5) is 11.4. The maximum atomic E-state index is 11.4. The van der Waals surface area contributed by atoms with Crippen LogP contribution < -0.4 is 29.2 Å². The number of hydrogen-bond acceptors (Lipinski definition) is 4. The van der Waals surface area contributed by atoms with Crippen LogP contribution in [-0.2, 0) is 9.53 Å². The predicted octanol–water partition coefficient (Wildman–Crippen LogP) is -4.21. The van der Waals surface area contributed by atoms with Crippen molar-refractivity contribution in [1.29, 1.82) is 0 Å². The second-order valence-corrected chi connectivity index (χ2v) is 4.03. The van der Waals surface area contributed by atoms with Gasteiger partial charge in [0.25, 0.3) is 0 Å². The topological polar surface area (TPSA) is 92.0 Å². The average Bonchev–Trinajstić information content (AvgIpc) is 2.28. The van der Waals surface area contributed by atoms with E-state index in [1.165, 1.54) is 0 Å². The fourth-order valence-electron chi connectivity index (χ4n) is 1.22. The normalized spacial score (nSPS) is 11.7. The molecule has 0 aromatic carbocycles. The van der Waals surface area contributed by atoms with Gasteiger partial charge < -0.3 is 33.9 Å². The van der Waals surface area contributed by atoms with Gasteiger partial charge in [0.2, 0.25) is 5.91 Å². The Morgan fingerprint density at radius 3 is 2.71 bits per heavy atom. The van der Waals surface area contributed by atoms with Gasteiger partial charge in [-0.25, -0.2) is 0 Å². The van der Waals surface area contributed by atoms with E-state index >= 15 is 0 Å². The second kappa shape index (κ2) is 14.1. The summed E-state index contributed by atoms with van der Waals surface area (Å²) >= 11 is 4.01. The molecule has 0 aromatic heterocycles. The van der Waals surface area contributed by atoms with Crippen LogP contribution in [0.4, 0.5) is 0 Å². The van der Waals surface area contributed by atoms with Crippen molar-refractivity contribution in [3.05, 3.63) is 0 Å². The van der Waals surface area contributed by atoms with Crippen LogP contribution >= 0.6 is 12.6 Å². The maximum Gasteiger partial charge on any atom is 0.236 e. The Morgan fingerprint density at radius 2 is 2.12 bits per heavy atom. The first-order chi connectivity index (χ1) is 7.72. The molecule has 0 aliphatic rings. The molecule has 0 spiro atoms. The Balaban J connectivity index is 0. The third-order valence-corrected chi connectivity index (χ3v) is 2.32. The summed E-state index contributed by atoms with van der Waals surface area (Å²) in [5.74, 6) is 0.594. The Bertz CT molecular complexity index is 187. The van der Waals surface area contributed by atoms with Gasteiger partial charge in [-0.05, 0) is 19.3 Å². The summed E-state index contributed by atoms with van der Waals surface area (Å²) in [6, 6.07) is -0.406. The van der Waals surface area contributed by atoms with E-state index in [4.69, 9.17) is 10.5 Å². The third kappa shape index (κ3) is 12.2. The van der Waals surface area contributed by atoms with Gasteiger partial charge in [0.1, 0.15) is 0 Å². The van der Waals surface area contributed by atoms with E-state index in [-0.39, 0.29) is 18.3 Å². The van der Waals surface area contributed by atoms with Crippen LogP contribution in [0, 0.1) is 0 Å². The molecule has 0 saturated carbocycles. The van der Waals surface area contributed by atoms with Crippen LogP contribution in [0.5, 0.6) is 0 Å². The first-order valence-electron chi connectivity index (χ1n) is 5.73. The Labute approximate surface area is 115 Å². The Kier molecular flexibility index (Phi) is 16.0. The highest BCUT2D eigenvalue weighted by atomic mass is 35.5. The van der Waals surface area contributed by atoms with E-state index in [0.717, 1.165) is 25.8 Å². The molecule has 0 rings (SSSR count). The third-order valence-electron chi connectivity index (χ3n) is 2.13. The zero-order valence-corrected chi connectivity index (χ0v) is 11.8. The lowest BCUT2D eigenvalue weighted by Gasteiger charge is -2.11. The highest BCUT2D eigenvalue weighted by Crippen LogP contribution is 1.97. The van der Waals surface area contributed by atoms with E-state index in [0.29, 0.717) is 25.5 Å². The molecule has 0 heterocycles. The molecule has 1 atom stereocenters. The zero-order chi connectivity index (χ0) is 12.2. The van der Waals surface area contributed by atoms with Crippen molar-refractivity contribution in [2.45, 2.75) is 25.3 Å². The molecule has 0 aromatic rings. The second-order valence-electron chi connectivity index (χ2n) is 3.58. The van der Waals surface area contributed by atoms with E-state index in [1.807, 2.05) is 0 Å². The first kappa shape index (κ1) is 19.3. The number of carbonyl (C=O) groups is 1. The predicted molar refractivity (Wildman–Crippen MR) is 67.3 cm³/mol. The smallest absolute Gasteiger partial charge is 0.236 e. The van der Waals surface area contributed by atoms with Crippen molar-refractivity contribution in [2.75, 3.05) is 32.1 Å². The van der Waals surface area contributed by atoms with Crippen molar-refractivity contribution < 1.29 is 27.7 Å². The van der Waals surface area contributed by atoms with E-state index in [1.54, 1.807) is 0 Å². The van der Waals surface area contributed by atoms with Crippen molar-refractivity contribution in [2.24, 2.45) is 5.73 Å². The lowest BCUT2D eigenvalue weighted by Crippen LogP contribution is -3.00. The molecule has 1 amide bonds. The molecular formula is C10H24ClN3O2S. The molecule has 0 aliphatic carbocycles. The number of rotatable bonds is 10. The van der Waals surface area contributed by atoms with Gasteiger partial charge in [-0.3, -0.25) is 4.79 Å². The SMILES string of the molecule is NC(CCCC[NH3+])C(=O)NCCOCCS.[Cl-]. The number of ether oxygens (including phenoxy) is 1. The molecule has 104 valence electrons. The van der Waals surface area contributed by atoms with Crippen molar-refractivity contribution in [3.8, 4) is 0 Å². The maximum absolute atomic E-state index is 11.4. The van der Waals surface area contributed by atoms with E-state index in [2.05, 4.69) is 23.7 Å². The average molecular weight is 286 g/mol. The Morgan fingerprint density at radius 1 is 1.41 bits per heavy atom. The number of nitrogens with one attached hydrogen (secondary N) is 1. The molecule has 0 saturated heterocycles. The number of quaternary nitrogens is 1. The quantitative estimate of drug-likeness (QED) is 0.242. The Hall–Kier alpha value is -0.0100. The summed E-state index contributed by atoms with van der Waals surface area (Å²) in [7, 11) is 0. The van der Waals surface area contributed by atoms with Crippen LogP contribution in [0.3, 0.4) is 0 Å². The van der Waals surface area contributed by atoms with Crippen molar-refractivity contribution in [1.82, 2.24) is 5.32 Å². The highest BCUT2D eigenvalue weighted by molar-refractivity contribution is 7.80. The monoisotopic (exact) mass is 285 g/mol. The van der Waals surface area contributed by atoms with Gasteiger partial charge in [-0.1, -0.05) is 0 Å². The van der Waals surface area contributed by atoms with Gasteiger partial charge >= 0.3 is 0 Å². The minimum atomic E-state index is -0.406. The highest BCUT2D eigenvalue weighted by Gasteiger charge is 2.11. The number of nitrogens with two attached hydrogens (primary N) is 1. The molecule has 0 radical (unpaired) electrons. The molecule has 7 heteroatoms.